The normalized spacial score (nSPS) is 17.4. The summed E-state index contributed by atoms with van der Waals surface area (Å²) in [5.41, 5.74) is 3.49. The van der Waals surface area contributed by atoms with Crippen molar-refractivity contribution in [1.29, 1.82) is 0 Å². The Morgan fingerprint density at radius 1 is 1.38 bits per heavy atom. The molecule has 0 aliphatic carbocycles. The topological polar surface area (TPSA) is 93.8 Å². The largest absolute Gasteiger partial charge is 0.326 e. The van der Waals surface area contributed by atoms with Crippen molar-refractivity contribution in [2.75, 3.05) is 18.4 Å². The van der Waals surface area contributed by atoms with E-state index >= 15 is 0 Å². The molecular formula is C19H23ClN8O. The van der Waals surface area contributed by atoms with Crippen molar-refractivity contribution in [3.05, 3.63) is 47.0 Å². The summed E-state index contributed by atoms with van der Waals surface area (Å²) in [7, 11) is 1.84. The van der Waals surface area contributed by atoms with E-state index in [9.17, 15) is 4.79 Å². The summed E-state index contributed by atoms with van der Waals surface area (Å²) in [6.45, 7) is 4.32. The van der Waals surface area contributed by atoms with E-state index in [0.29, 0.717) is 18.2 Å². The summed E-state index contributed by atoms with van der Waals surface area (Å²) < 4.78 is 3.25. The van der Waals surface area contributed by atoms with Crippen molar-refractivity contribution in [3.8, 4) is 5.69 Å². The van der Waals surface area contributed by atoms with E-state index in [2.05, 4.69) is 30.8 Å². The molecule has 1 aromatic carbocycles. The first kappa shape index (κ1) is 19.5. The van der Waals surface area contributed by atoms with Crippen LogP contribution in [-0.4, -0.2) is 53.9 Å². The minimum absolute atomic E-state index is 0.0255. The number of aryl methyl sites for hydroxylation is 2. The highest BCUT2D eigenvalue weighted by Gasteiger charge is 2.27. The lowest BCUT2D eigenvalue weighted by Gasteiger charge is -2.32. The number of carbonyl (C=O) groups excluding carboxylic acids is 1. The Labute approximate surface area is 173 Å². The number of amides is 1. The quantitative estimate of drug-likeness (QED) is 0.687. The molecule has 152 valence electrons. The van der Waals surface area contributed by atoms with Crippen LogP contribution in [0.4, 0.5) is 5.69 Å². The minimum atomic E-state index is -0.0730. The molecule has 1 aliphatic heterocycles. The maximum absolute atomic E-state index is 12.9. The summed E-state index contributed by atoms with van der Waals surface area (Å²) in [6, 6.07) is 7.47. The first-order chi connectivity index (χ1) is 14.0. The van der Waals surface area contributed by atoms with E-state index in [1.165, 1.54) is 6.33 Å². The number of aromatic nitrogens is 6. The van der Waals surface area contributed by atoms with Gasteiger partial charge >= 0.3 is 0 Å². The highest BCUT2D eigenvalue weighted by molar-refractivity contribution is 6.30. The fourth-order valence-corrected chi connectivity index (χ4v) is 3.97. The van der Waals surface area contributed by atoms with Crippen molar-refractivity contribution < 1.29 is 4.79 Å². The molecule has 1 amide bonds. The van der Waals surface area contributed by atoms with Gasteiger partial charge in [0.25, 0.3) is 0 Å². The Kier molecular flexibility index (Phi) is 5.59. The summed E-state index contributed by atoms with van der Waals surface area (Å²) in [4.78, 5) is 15.2. The van der Waals surface area contributed by atoms with Gasteiger partial charge in [-0.3, -0.25) is 14.4 Å². The Bertz CT molecular complexity index is 1000. The third kappa shape index (κ3) is 4.30. The first-order valence-corrected chi connectivity index (χ1v) is 9.93. The highest BCUT2D eigenvalue weighted by atomic mass is 35.5. The number of halogens is 1. The molecule has 3 heterocycles. The Morgan fingerprint density at radius 2 is 2.24 bits per heavy atom. The van der Waals surface area contributed by atoms with Crippen LogP contribution < -0.4 is 5.32 Å². The minimum Gasteiger partial charge on any atom is -0.326 e. The fraction of sp³-hybridized carbons (Fsp3) is 0.421. The number of nitrogens with one attached hydrogen (secondary N) is 1. The van der Waals surface area contributed by atoms with Gasteiger partial charge in [0.15, 0.2) is 0 Å². The second-order valence-electron chi connectivity index (χ2n) is 7.35. The lowest BCUT2D eigenvalue weighted by atomic mass is 9.96. The van der Waals surface area contributed by atoms with Gasteiger partial charge in [-0.1, -0.05) is 17.7 Å². The molecule has 1 fully saturated rings. The van der Waals surface area contributed by atoms with Crippen LogP contribution in [-0.2, 0) is 18.4 Å². The Hall–Kier alpha value is -2.78. The molecule has 1 unspecified atom stereocenters. The number of rotatable bonds is 5. The van der Waals surface area contributed by atoms with E-state index < -0.39 is 0 Å². The van der Waals surface area contributed by atoms with E-state index in [-0.39, 0.29) is 11.8 Å². The van der Waals surface area contributed by atoms with Gasteiger partial charge in [-0.15, -0.1) is 5.10 Å². The molecule has 0 saturated carbocycles. The average molecular weight is 415 g/mol. The first-order valence-electron chi connectivity index (χ1n) is 9.56. The van der Waals surface area contributed by atoms with Crippen molar-refractivity contribution in [2.45, 2.75) is 26.3 Å². The van der Waals surface area contributed by atoms with Crippen molar-refractivity contribution in [2.24, 2.45) is 13.0 Å². The molecular weight excluding hydrogens is 392 g/mol. The molecule has 2 aromatic heterocycles. The standard InChI is InChI=1S/C19H23ClN8O/c1-13-17(18(20)26(2)23-13)11-27-8-4-5-14(10-27)19(29)22-15-6-3-7-16(9-15)28-12-21-24-25-28/h3,6-7,9,12,14H,4-5,8,10-11H2,1-2H3,(H,22,29). The van der Waals surface area contributed by atoms with Crippen LogP contribution in [0.2, 0.25) is 5.15 Å². The van der Waals surface area contributed by atoms with Crippen LogP contribution in [0.1, 0.15) is 24.1 Å². The number of anilines is 1. The zero-order valence-corrected chi connectivity index (χ0v) is 17.2. The molecule has 1 N–H and O–H groups in total. The summed E-state index contributed by atoms with van der Waals surface area (Å²) in [5, 5.41) is 19.2. The van der Waals surface area contributed by atoms with Crippen LogP contribution in [0.25, 0.3) is 5.69 Å². The summed E-state index contributed by atoms with van der Waals surface area (Å²) in [5.74, 6) is -0.0474. The molecule has 3 aromatic rings. The third-order valence-electron chi connectivity index (χ3n) is 5.26. The molecule has 0 spiro atoms. The van der Waals surface area contributed by atoms with Crippen LogP contribution in [0.15, 0.2) is 30.6 Å². The van der Waals surface area contributed by atoms with Crippen LogP contribution >= 0.6 is 11.6 Å². The van der Waals surface area contributed by atoms with Gasteiger partial charge in [0.05, 0.1) is 17.3 Å². The zero-order valence-electron chi connectivity index (χ0n) is 16.4. The highest BCUT2D eigenvalue weighted by Crippen LogP contribution is 2.25. The number of carbonyl (C=O) groups is 1. The predicted molar refractivity (Wildman–Crippen MR) is 109 cm³/mol. The number of hydrogen-bond acceptors (Lipinski definition) is 6. The van der Waals surface area contributed by atoms with E-state index in [1.54, 1.807) is 9.36 Å². The number of hydrogen-bond donors (Lipinski definition) is 1. The van der Waals surface area contributed by atoms with Gasteiger partial charge < -0.3 is 5.32 Å². The van der Waals surface area contributed by atoms with Crippen molar-refractivity contribution in [3.63, 3.8) is 0 Å². The molecule has 1 saturated heterocycles. The number of likely N-dealkylation sites (tertiary alicyclic amines) is 1. The number of piperidine rings is 1. The average Bonchev–Trinajstić information content (AvgIpc) is 3.33. The van der Waals surface area contributed by atoms with Crippen molar-refractivity contribution >= 4 is 23.2 Å². The zero-order chi connectivity index (χ0) is 20.4. The van der Waals surface area contributed by atoms with E-state index in [1.807, 2.05) is 38.2 Å². The Morgan fingerprint density at radius 3 is 2.97 bits per heavy atom. The van der Waals surface area contributed by atoms with E-state index in [0.717, 1.165) is 42.0 Å². The smallest absolute Gasteiger partial charge is 0.228 e. The maximum atomic E-state index is 12.9. The monoisotopic (exact) mass is 414 g/mol. The fourth-order valence-electron chi connectivity index (χ4n) is 3.74. The molecule has 4 rings (SSSR count). The van der Waals surface area contributed by atoms with E-state index in [4.69, 9.17) is 11.6 Å². The van der Waals surface area contributed by atoms with Crippen molar-refractivity contribution in [1.82, 2.24) is 34.9 Å². The third-order valence-corrected chi connectivity index (χ3v) is 5.73. The molecule has 1 atom stereocenters. The second kappa shape index (κ2) is 8.30. The molecule has 0 bridgehead atoms. The van der Waals surface area contributed by atoms with Crippen LogP contribution in [0.5, 0.6) is 0 Å². The van der Waals surface area contributed by atoms with Gasteiger partial charge in [-0.25, -0.2) is 4.68 Å². The lowest BCUT2D eigenvalue weighted by molar-refractivity contribution is -0.121. The molecule has 9 nitrogen and oxygen atoms in total. The molecule has 1 aliphatic rings. The van der Waals surface area contributed by atoms with Crippen LogP contribution in [0.3, 0.4) is 0 Å². The summed E-state index contributed by atoms with van der Waals surface area (Å²) in [6.07, 6.45) is 3.36. The second-order valence-corrected chi connectivity index (χ2v) is 7.70. The van der Waals surface area contributed by atoms with Gasteiger partial charge in [0.1, 0.15) is 11.5 Å². The summed E-state index contributed by atoms with van der Waals surface area (Å²) >= 11 is 6.38. The van der Waals surface area contributed by atoms with Crippen LogP contribution in [0, 0.1) is 12.8 Å². The van der Waals surface area contributed by atoms with Gasteiger partial charge in [0, 0.05) is 31.4 Å². The number of benzene rings is 1. The number of tetrazole rings is 1. The predicted octanol–water partition coefficient (Wildman–Crippen LogP) is 2.21. The Balaban J connectivity index is 1.41. The lowest BCUT2D eigenvalue weighted by Crippen LogP contribution is -2.40. The molecule has 29 heavy (non-hydrogen) atoms. The van der Waals surface area contributed by atoms with Gasteiger partial charge in [-0.05, 0) is 54.9 Å². The SMILES string of the molecule is Cc1nn(C)c(Cl)c1CN1CCCC(C(=O)Nc2cccc(-n3cnnn3)c2)C1. The molecule has 10 heteroatoms. The maximum Gasteiger partial charge on any atom is 0.228 e. The van der Waals surface area contributed by atoms with Gasteiger partial charge in [0.2, 0.25) is 5.91 Å². The molecule has 0 radical (unpaired) electrons. The number of nitrogens with zero attached hydrogens (tertiary/aromatic N) is 7. The van der Waals surface area contributed by atoms with Gasteiger partial charge in [-0.2, -0.15) is 5.10 Å².